The van der Waals surface area contributed by atoms with Gasteiger partial charge in [-0.3, -0.25) is 4.79 Å². The first-order valence-electron chi connectivity index (χ1n) is 10.3. The second-order valence-electron chi connectivity index (χ2n) is 8.70. The molecular formula is C26H26N2O3. The Bertz CT molecular complexity index is 1050. The van der Waals surface area contributed by atoms with E-state index < -0.39 is 17.2 Å². The average Bonchev–Trinajstić information content (AvgIpc) is 2.96. The van der Waals surface area contributed by atoms with Crippen LogP contribution in [0.5, 0.6) is 0 Å². The number of hydrogen-bond acceptors (Lipinski definition) is 4. The third-order valence-electron chi connectivity index (χ3n) is 5.19. The van der Waals surface area contributed by atoms with Crippen molar-refractivity contribution in [2.24, 2.45) is 0 Å². The standard InChI is InChI=1S/C26H26N2O3/c1-25(2,3)31-24(30)28-22-17-11-10-16-21(22)26(23(28)29,18-19-12-6-4-7-13-19)27-20-14-8-5-9-15-20/h4-17,27H,18H2,1-3H3/t26-/m1/s1. The van der Waals surface area contributed by atoms with Gasteiger partial charge in [-0.1, -0.05) is 66.7 Å². The van der Waals surface area contributed by atoms with Crippen LogP contribution in [-0.4, -0.2) is 17.6 Å². The molecule has 0 aliphatic carbocycles. The quantitative estimate of drug-likeness (QED) is 0.611. The van der Waals surface area contributed by atoms with Crippen LogP contribution in [0.4, 0.5) is 16.2 Å². The minimum absolute atomic E-state index is 0.351. The first-order chi connectivity index (χ1) is 14.8. The molecular weight excluding hydrogens is 388 g/mol. The SMILES string of the molecule is CC(C)(C)OC(=O)N1C(=O)[C@](Cc2ccccc2)(Nc2ccccc2)c2ccccc21. The van der Waals surface area contributed by atoms with Crippen LogP contribution in [0.1, 0.15) is 31.9 Å². The van der Waals surface area contributed by atoms with Gasteiger partial charge in [0, 0.05) is 17.7 Å². The molecule has 0 radical (unpaired) electrons. The monoisotopic (exact) mass is 414 g/mol. The minimum Gasteiger partial charge on any atom is -0.443 e. The molecule has 0 saturated carbocycles. The highest BCUT2D eigenvalue weighted by atomic mass is 16.6. The number of carbonyl (C=O) groups excluding carboxylic acids is 2. The molecule has 1 atom stereocenters. The van der Waals surface area contributed by atoms with Gasteiger partial charge in [-0.15, -0.1) is 0 Å². The molecule has 31 heavy (non-hydrogen) atoms. The molecule has 0 bridgehead atoms. The molecule has 0 aromatic heterocycles. The topological polar surface area (TPSA) is 58.6 Å². The average molecular weight is 415 g/mol. The van der Waals surface area contributed by atoms with Gasteiger partial charge in [-0.2, -0.15) is 0 Å². The van der Waals surface area contributed by atoms with Gasteiger partial charge in [-0.05, 0) is 44.5 Å². The van der Waals surface area contributed by atoms with Gasteiger partial charge in [-0.25, -0.2) is 9.69 Å². The maximum atomic E-state index is 14.0. The lowest BCUT2D eigenvalue weighted by Crippen LogP contribution is -2.50. The predicted molar refractivity (Wildman–Crippen MR) is 122 cm³/mol. The van der Waals surface area contributed by atoms with Crippen LogP contribution in [-0.2, 0) is 21.5 Å². The second-order valence-corrected chi connectivity index (χ2v) is 8.70. The van der Waals surface area contributed by atoms with Crippen molar-refractivity contribution in [2.45, 2.75) is 38.3 Å². The van der Waals surface area contributed by atoms with E-state index in [-0.39, 0.29) is 5.91 Å². The predicted octanol–water partition coefficient (Wildman–Crippen LogP) is 5.52. The number of anilines is 2. The van der Waals surface area contributed by atoms with E-state index in [0.717, 1.165) is 16.8 Å². The van der Waals surface area contributed by atoms with Crippen molar-refractivity contribution in [3.63, 3.8) is 0 Å². The summed E-state index contributed by atoms with van der Waals surface area (Å²) in [6.45, 7) is 5.37. The molecule has 1 aliphatic heterocycles. The van der Waals surface area contributed by atoms with Crippen molar-refractivity contribution >= 4 is 23.4 Å². The Balaban J connectivity index is 1.85. The van der Waals surface area contributed by atoms with E-state index in [1.165, 1.54) is 4.90 Å². The van der Waals surface area contributed by atoms with Crippen molar-refractivity contribution < 1.29 is 14.3 Å². The molecule has 5 nitrogen and oxygen atoms in total. The highest BCUT2D eigenvalue weighted by Gasteiger charge is 2.54. The number of carbonyl (C=O) groups is 2. The summed E-state index contributed by atoms with van der Waals surface area (Å²) in [5.74, 6) is -0.351. The van der Waals surface area contributed by atoms with Crippen molar-refractivity contribution in [3.05, 3.63) is 96.1 Å². The van der Waals surface area contributed by atoms with Gasteiger partial charge in [0.25, 0.3) is 5.91 Å². The van der Waals surface area contributed by atoms with E-state index in [1.54, 1.807) is 26.8 Å². The van der Waals surface area contributed by atoms with Crippen LogP contribution in [0.2, 0.25) is 0 Å². The number of rotatable bonds is 4. The Kier molecular flexibility index (Phi) is 5.27. The van der Waals surface area contributed by atoms with Crippen LogP contribution < -0.4 is 10.2 Å². The molecule has 3 aromatic carbocycles. The van der Waals surface area contributed by atoms with E-state index >= 15 is 0 Å². The molecule has 0 unspecified atom stereocenters. The molecule has 0 saturated heterocycles. The highest BCUT2D eigenvalue weighted by Crippen LogP contribution is 2.45. The molecule has 2 amide bonds. The van der Waals surface area contributed by atoms with Crippen molar-refractivity contribution in [1.82, 2.24) is 0 Å². The number of nitrogens with one attached hydrogen (secondary N) is 1. The smallest absolute Gasteiger partial charge is 0.421 e. The zero-order chi connectivity index (χ0) is 22.1. The third-order valence-corrected chi connectivity index (χ3v) is 5.19. The Morgan fingerprint density at radius 2 is 1.48 bits per heavy atom. The number of ether oxygens (including phenoxy) is 1. The maximum absolute atomic E-state index is 14.0. The van der Waals surface area contributed by atoms with Gasteiger partial charge in [0.05, 0.1) is 5.69 Å². The lowest BCUT2D eigenvalue weighted by atomic mass is 9.84. The molecule has 1 N–H and O–H groups in total. The van der Waals surface area contributed by atoms with E-state index in [4.69, 9.17) is 4.74 Å². The van der Waals surface area contributed by atoms with E-state index in [2.05, 4.69) is 5.32 Å². The van der Waals surface area contributed by atoms with Crippen LogP contribution in [0.25, 0.3) is 0 Å². The molecule has 5 heteroatoms. The summed E-state index contributed by atoms with van der Waals surface area (Å²) in [7, 11) is 0. The summed E-state index contributed by atoms with van der Waals surface area (Å²) in [6.07, 6.45) is -0.285. The summed E-state index contributed by atoms with van der Waals surface area (Å²) in [5, 5.41) is 3.46. The summed E-state index contributed by atoms with van der Waals surface area (Å²) in [4.78, 5) is 28.2. The van der Waals surface area contributed by atoms with Gasteiger partial charge in [0.2, 0.25) is 0 Å². The molecule has 0 fully saturated rings. The third kappa shape index (κ3) is 4.04. The zero-order valence-corrected chi connectivity index (χ0v) is 18.0. The summed E-state index contributed by atoms with van der Waals surface area (Å²) >= 11 is 0. The zero-order valence-electron chi connectivity index (χ0n) is 18.0. The largest absolute Gasteiger partial charge is 0.443 e. The Morgan fingerprint density at radius 1 is 0.903 bits per heavy atom. The number of fused-ring (bicyclic) bond motifs is 1. The fraction of sp³-hybridized carbons (Fsp3) is 0.231. The minimum atomic E-state index is -1.14. The molecule has 4 rings (SSSR count). The van der Waals surface area contributed by atoms with E-state index in [1.807, 2.05) is 78.9 Å². The molecule has 1 heterocycles. The second kappa shape index (κ2) is 7.91. The van der Waals surface area contributed by atoms with Gasteiger partial charge in [0.15, 0.2) is 0 Å². The summed E-state index contributed by atoms with van der Waals surface area (Å²) < 4.78 is 5.58. The Hall–Kier alpha value is -3.60. The molecule has 158 valence electrons. The van der Waals surface area contributed by atoms with Crippen molar-refractivity contribution in [2.75, 3.05) is 10.2 Å². The summed E-state index contributed by atoms with van der Waals surface area (Å²) in [6, 6.07) is 26.8. The van der Waals surface area contributed by atoms with Crippen LogP contribution in [0.15, 0.2) is 84.9 Å². The molecule has 3 aromatic rings. The van der Waals surface area contributed by atoms with Gasteiger partial charge in [0.1, 0.15) is 11.1 Å². The number of para-hydroxylation sites is 2. The Labute approximate surface area is 182 Å². The maximum Gasteiger partial charge on any atom is 0.421 e. The lowest BCUT2D eigenvalue weighted by molar-refractivity contribution is -0.122. The lowest BCUT2D eigenvalue weighted by Gasteiger charge is -2.31. The van der Waals surface area contributed by atoms with Crippen molar-refractivity contribution in [1.29, 1.82) is 0 Å². The first-order valence-corrected chi connectivity index (χ1v) is 10.3. The molecule has 0 spiro atoms. The van der Waals surface area contributed by atoms with Crippen LogP contribution >= 0.6 is 0 Å². The Morgan fingerprint density at radius 3 is 2.13 bits per heavy atom. The number of imide groups is 1. The first kappa shape index (κ1) is 20.7. The number of benzene rings is 3. The van der Waals surface area contributed by atoms with E-state index in [0.29, 0.717) is 12.1 Å². The summed E-state index contributed by atoms with van der Waals surface area (Å²) in [5.41, 5.74) is 1.22. The van der Waals surface area contributed by atoms with Gasteiger partial charge >= 0.3 is 6.09 Å². The number of hydrogen-bond donors (Lipinski definition) is 1. The fourth-order valence-corrected chi connectivity index (χ4v) is 3.94. The van der Waals surface area contributed by atoms with Crippen molar-refractivity contribution in [3.8, 4) is 0 Å². The molecule has 1 aliphatic rings. The van der Waals surface area contributed by atoms with Gasteiger partial charge < -0.3 is 10.1 Å². The number of amides is 2. The number of nitrogens with zero attached hydrogens (tertiary/aromatic N) is 1. The van der Waals surface area contributed by atoms with Crippen LogP contribution in [0.3, 0.4) is 0 Å². The normalized spacial score (nSPS) is 17.9. The van der Waals surface area contributed by atoms with Crippen LogP contribution in [0, 0.1) is 0 Å². The fourth-order valence-electron chi connectivity index (χ4n) is 3.94. The van der Waals surface area contributed by atoms with E-state index in [9.17, 15) is 9.59 Å². The highest BCUT2D eigenvalue weighted by molar-refractivity contribution is 6.22.